The van der Waals surface area contributed by atoms with Gasteiger partial charge in [-0.3, -0.25) is 19.8 Å². The molecule has 3 aromatic heterocycles. The van der Waals surface area contributed by atoms with Crippen LogP contribution in [0.3, 0.4) is 0 Å². The predicted octanol–water partition coefficient (Wildman–Crippen LogP) is 12.7. The molecule has 0 saturated carbocycles. The number of pyridine rings is 3. The Hall–Kier alpha value is -8.32. The van der Waals surface area contributed by atoms with E-state index in [2.05, 4.69) is 165 Å². The first-order valence-electron chi connectivity index (χ1n) is 20.9. The van der Waals surface area contributed by atoms with Crippen molar-refractivity contribution in [2.75, 3.05) is 14.7 Å². The van der Waals surface area contributed by atoms with Gasteiger partial charge in [-0.25, -0.2) is 4.98 Å². The lowest BCUT2D eigenvalue weighted by Crippen LogP contribution is -2.58. The number of nitrogens with zero attached hydrogens (tertiary/aromatic N) is 7. The van der Waals surface area contributed by atoms with Gasteiger partial charge >= 0.3 is 0 Å². The molecule has 0 spiro atoms. The van der Waals surface area contributed by atoms with Gasteiger partial charge in [0.25, 0.3) is 0 Å². The average Bonchev–Trinajstić information content (AvgIpc) is 3.34. The van der Waals surface area contributed by atoms with E-state index in [4.69, 9.17) is 9.72 Å². The standard InChI is InChI=1S/C54H39N7OSi/c1-63(2)51-17-9-5-13-47(51)61(48-14-6-10-18-52(48)63)54-34-43(33-53(58-54)60-45-11-3-7-15-49(45)62-50-16-8-4-12-46(50)60)59(41-23-19-37(20-24-41)38-27-30-56-31-28-38)42-25-21-39(22-26-42)44-29-32-57-36-40(44)35-55/h3-34,36H,1-2H3. The van der Waals surface area contributed by atoms with Crippen molar-refractivity contribution in [3.8, 4) is 39.8 Å². The number of aromatic nitrogens is 3. The Morgan fingerprint density at radius 1 is 0.508 bits per heavy atom. The molecule has 0 saturated heterocycles. The van der Waals surface area contributed by atoms with Gasteiger partial charge in [-0.15, -0.1) is 0 Å². The fraction of sp³-hybridized carbons (Fsp3) is 0.0370. The molecule has 2 aliphatic rings. The lowest BCUT2D eigenvalue weighted by atomic mass is 10.0. The lowest BCUT2D eigenvalue weighted by Gasteiger charge is -2.41. The van der Waals surface area contributed by atoms with Crippen LogP contribution < -0.4 is 29.8 Å². The Morgan fingerprint density at radius 2 is 0.984 bits per heavy atom. The van der Waals surface area contributed by atoms with Gasteiger partial charge in [0, 0.05) is 65.2 Å². The van der Waals surface area contributed by atoms with Crippen LogP contribution in [0, 0.1) is 11.3 Å². The molecule has 11 rings (SSSR count). The van der Waals surface area contributed by atoms with E-state index in [0.717, 1.165) is 85.2 Å². The van der Waals surface area contributed by atoms with Gasteiger partial charge < -0.3 is 9.64 Å². The SMILES string of the molecule is C[Si]1(C)c2ccccc2N(c2cc(N(c3ccc(-c4ccncc4)cc3)c3ccc(-c4ccncc4C#N)cc3)cc(N3c4ccccc4Oc4ccccc43)n2)c2ccccc21. The second-order valence-electron chi connectivity index (χ2n) is 16.1. The minimum atomic E-state index is -2.10. The number of fused-ring (bicyclic) bond motifs is 4. The Kier molecular flexibility index (Phi) is 9.14. The molecule has 0 atom stereocenters. The zero-order valence-corrected chi connectivity index (χ0v) is 35.6. The largest absolute Gasteiger partial charge is 0.453 e. The molecule has 6 aromatic carbocycles. The Labute approximate surface area is 367 Å². The van der Waals surface area contributed by atoms with Crippen molar-refractivity contribution in [3.05, 3.63) is 206 Å². The van der Waals surface area contributed by atoms with Gasteiger partial charge in [0.05, 0.1) is 22.6 Å². The van der Waals surface area contributed by atoms with E-state index >= 15 is 0 Å². The molecule has 2 aliphatic heterocycles. The van der Waals surface area contributed by atoms with E-state index in [9.17, 15) is 5.26 Å². The van der Waals surface area contributed by atoms with E-state index in [-0.39, 0.29) is 0 Å². The minimum Gasteiger partial charge on any atom is -0.453 e. The molecule has 5 heterocycles. The summed E-state index contributed by atoms with van der Waals surface area (Å²) in [5.74, 6) is 3.00. The highest BCUT2D eigenvalue weighted by Crippen LogP contribution is 2.52. The van der Waals surface area contributed by atoms with Gasteiger partial charge in [0.2, 0.25) is 0 Å². The Morgan fingerprint density at radius 3 is 1.56 bits per heavy atom. The molecular formula is C54H39N7OSi. The third kappa shape index (κ3) is 6.48. The molecule has 9 heteroatoms. The Balaban J connectivity index is 1.17. The van der Waals surface area contributed by atoms with E-state index in [1.54, 1.807) is 12.4 Å². The van der Waals surface area contributed by atoms with E-state index < -0.39 is 8.07 Å². The van der Waals surface area contributed by atoms with Crippen molar-refractivity contribution in [1.29, 1.82) is 5.26 Å². The summed E-state index contributed by atoms with van der Waals surface area (Å²) in [6.07, 6.45) is 6.98. The molecule has 0 N–H and O–H groups in total. The molecule has 9 aromatic rings. The quantitative estimate of drug-likeness (QED) is 0.147. The summed E-state index contributed by atoms with van der Waals surface area (Å²) in [6.45, 7) is 4.87. The number of rotatable bonds is 7. The fourth-order valence-electron chi connectivity index (χ4n) is 9.03. The molecule has 0 unspecified atom stereocenters. The van der Waals surface area contributed by atoms with E-state index in [1.807, 2.05) is 67.0 Å². The summed E-state index contributed by atoms with van der Waals surface area (Å²) in [7, 11) is -2.10. The van der Waals surface area contributed by atoms with Crippen molar-refractivity contribution < 1.29 is 4.74 Å². The van der Waals surface area contributed by atoms with Crippen LogP contribution in [0.15, 0.2) is 201 Å². The van der Waals surface area contributed by atoms with Crippen LogP contribution in [0.1, 0.15) is 5.56 Å². The smallest absolute Gasteiger partial charge is 0.151 e. The molecule has 0 radical (unpaired) electrons. The maximum Gasteiger partial charge on any atom is 0.151 e. The monoisotopic (exact) mass is 829 g/mol. The first-order chi connectivity index (χ1) is 31.0. The summed E-state index contributed by atoms with van der Waals surface area (Å²) in [5, 5.41) is 12.7. The molecular weight excluding hydrogens is 791 g/mol. The van der Waals surface area contributed by atoms with Crippen LogP contribution in [0.4, 0.5) is 51.4 Å². The maximum atomic E-state index is 9.94. The second-order valence-corrected chi connectivity index (χ2v) is 20.4. The molecule has 0 amide bonds. The molecule has 8 nitrogen and oxygen atoms in total. The normalized spacial score (nSPS) is 13.1. The van der Waals surface area contributed by atoms with Gasteiger partial charge in [-0.05, 0) is 106 Å². The number of nitriles is 1. The summed E-state index contributed by atoms with van der Waals surface area (Å²) in [6, 6.07) is 63.5. The number of hydrogen-bond acceptors (Lipinski definition) is 8. The van der Waals surface area contributed by atoms with Crippen LogP contribution in [0.25, 0.3) is 22.3 Å². The van der Waals surface area contributed by atoms with Gasteiger partial charge in [0.1, 0.15) is 25.8 Å². The fourth-order valence-corrected chi connectivity index (χ4v) is 12.0. The minimum absolute atomic E-state index is 0.525. The zero-order chi connectivity index (χ0) is 42.5. The van der Waals surface area contributed by atoms with Crippen LogP contribution in [-0.4, -0.2) is 23.0 Å². The van der Waals surface area contributed by atoms with Crippen molar-refractivity contribution >= 4 is 69.9 Å². The van der Waals surface area contributed by atoms with E-state index in [1.165, 1.54) is 10.4 Å². The van der Waals surface area contributed by atoms with E-state index in [0.29, 0.717) is 5.56 Å². The second kappa shape index (κ2) is 15.3. The van der Waals surface area contributed by atoms with Crippen LogP contribution in [0.2, 0.25) is 13.1 Å². The highest BCUT2D eigenvalue weighted by atomic mass is 28.3. The van der Waals surface area contributed by atoms with Crippen molar-refractivity contribution in [1.82, 2.24) is 15.0 Å². The molecule has 0 fully saturated rings. The van der Waals surface area contributed by atoms with Crippen LogP contribution in [-0.2, 0) is 0 Å². The number of para-hydroxylation sites is 6. The zero-order valence-electron chi connectivity index (χ0n) is 34.6. The van der Waals surface area contributed by atoms with Gasteiger partial charge in [-0.1, -0.05) is 98.0 Å². The third-order valence-corrected chi connectivity index (χ3v) is 15.6. The first-order valence-corrected chi connectivity index (χ1v) is 23.9. The molecule has 0 bridgehead atoms. The lowest BCUT2D eigenvalue weighted by molar-refractivity contribution is 0.476. The maximum absolute atomic E-state index is 9.94. The highest BCUT2D eigenvalue weighted by Gasteiger charge is 2.39. The summed E-state index contributed by atoms with van der Waals surface area (Å²) in [4.78, 5) is 20.9. The number of benzene rings is 6. The summed E-state index contributed by atoms with van der Waals surface area (Å²) >= 11 is 0. The molecule has 0 aliphatic carbocycles. The van der Waals surface area contributed by atoms with Crippen LogP contribution >= 0.6 is 0 Å². The van der Waals surface area contributed by atoms with Crippen molar-refractivity contribution in [3.63, 3.8) is 0 Å². The predicted molar refractivity (Wildman–Crippen MR) is 256 cm³/mol. The van der Waals surface area contributed by atoms with Gasteiger partial charge in [0.15, 0.2) is 11.5 Å². The third-order valence-electron chi connectivity index (χ3n) is 12.1. The number of ether oxygens (including phenoxy) is 1. The Bertz CT molecular complexity index is 3130. The molecule has 300 valence electrons. The summed E-state index contributed by atoms with van der Waals surface area (Å²) < 4.78 is 6.51. The van der Waals surface area contributed by atoms with Crippen molar-refractivity contribution in [2.45, 2.75) is 13.1 Å². The van der Waals surface area contributed by atoms with Gasteiger partial charge in [-0.2, -0.15) is 5.26 Å². The topological polar surface area (TPSA) is 81.4 Å². The highest BCUT2D eigenvalue weighted by molar-refractivity contribution is 7.02. The van der Waals surface area contributed by atoms with Crippen molar-refractivity contribution in [2.24, 2.45) is 0 Å². The average molecular weight is 830 g/mol. The number of anilines is 9. The molecule has 63 heavy (non-hydrogen) atoms. The number of hydrogen-bond donors (Lipinski definition) is 0. The van der Waals surface area contributed by atoms with Crippen LogP contribution in [0.5, 0.6) is 11.5 Å². The summed E-state index contributed by atoms with van der Waals surface area (Å²) in [5.41, 5.74) is 11.3. The first kappa shape index (κ1) is 37.7.